The highest BCUT2D eigenvalue weighted by atomic mass is 35.5. The number of halogens is 1. The minimum absolute atomic E-state index is 0.395. The van der Waals surface area contributed by atoms with Gasteiger partial charge >= 0.3 is 0 Å². The topological polar surface area (TPSA) is 29.3 Å². The van der Waals surface area contributed by atoms with Gasteiger partial charge in [-0.05, 0) is 30.9 Å². The molecule has 1 aromatic carbocycles. The zero-order valence-corrected chi connectivity index (χ0v) is 12.4. The van der Waals surface area contributed by atoms with Crippen molar-refractivity contribution in [2.75, 3.05) is 6.54 Å². The molecular formula is C14H19ClN2S. The molecule has 0 radical (unpaired) electrons. The monoisotopic (exact) mass is 282 g/mol. The molecule has 1 heterocycles. The Bertz CT molecular complexity index is 461. The van der Waals surface area contributed by atoms with E-state index in [1.165, 1.54) is 6.42 Å². The Balaban J connectivity index is 2.12. The van der Waals surface area contributed by atoms with Gasteiger partial charge in [0.1, 0.15) is 4.99 Å². The zero-order chi connectivity index (χ0) is 13.3. The van der Waals surface area contributed by atoms with Gasteiger partial charge in [-0.25, -0.2) is 0 Å². The lowest BCUT2D eigenvalue weighted by atomic mass is 10.1. The van der Waals surface area contributed by atoms with Crippen LogP contribution >= 0.6 is 23.8 Å². The average molecular weight is 283 g/mol. The van der Waals surface area contributed by atoms with Crippen molar-refractivity contribution in [2.45, 2.75) is 32.9 Å². The molecule has 1 fully saturated rings. The molecule has 2 N–H and O–H groups in total. The Morgan fingerprint density at radius 2 is 2.22 bits per heavy atom. The molecule has 2 atom stereocenters. The van der Waals surface area contributed by atoms with Crippen LogP contribution in [0.25, 0.3) is 0 Å². The Morgan fingerprint density at radius 3 is 2.72 bits per heavy atom. The molecule has 0 amide bonds. The number of benzene rings is 1. The molecule has 0 bridgehead atoms. The van der Waals surface area contributed by atoms with Gasteiger partial charge in [0.05, 0.1) is 0 Å². The first kappa shape index (κ1) is 13.8. The smallest absolute Gasteiger partial charge is 0.104 e. The van der Waals surface area contributed by atoms with E-state index >= 15 is 0 Å². The van der Waals surface area contributed by atoms with E-state index in [1.807, 2.05) is 18.2 Å². The van der Waals surface area contributed by atoms with E-state index in [-0.39, 0.29) is 0 Å². The van der Waals surface area contributed by atoms with Crippen LogP contribution < -0.4 is 5.73 Å². The normalized spacial score (nSPS) is 24.4. The maximum absolute atomic E-state index is 6.29. The van der Waals surface area contributed by atoms with Gasteiger partial charge < -0.3 is 5.73 Å². The van der Waals surface area contributed by atoms with Gasteiger partial charge in [-0.2, -0.15) is 0 Å². The molecule has 98 valence electrons. The van der Waals surface area contributed by atoms with Crippen molar-refractivity contribution in [2.24, 2.45) is 11.7 Å². The Morgan fingerprint density at radius 1 is 1.50 bits per heavy atom. The van der Waals surface area contributed by atoms with E-state index in [0.717, 1.165) is 35.2 Å². The van der Waals surface area contributed by atoms with Crippen molar-refractivity contribution in [1.29, 1.82) is 0 Å². The van der Waals surface area contributed by atoms with Gasteiger partial charge in [0.25, 0.3) is 0 Å². The zero-order valence-electron chi connectivity index (χ0n) is 10.8. The second kappa shape index (κ2) is 5.55. The summed E-state index contributed by atoms with van der Waals surface area (Å²) in [4.78, 5) is 2.87. The molecule has 0 aliphatic carbocycles. The third-order valence-corrected chi connectivity index (χ3v) is 4.21. The van der Waals surface area contributed by atoms with E-state index < -0.39 is 0 Å². The van der Waals surface area contributed by atoms with E-state index in [2.05, 4.69) is 18.7 Å². The van der Waals surface area contributed by atoms with Crippen LogP contribution in [0.3, 0.4) is 0 Å². The van der Waals surface area contributed by atoms with E-state index in [1.54, 1.807) is 0 Å². The van der Waals surface area contributed by atoms with Crippen LogP contribution in [0.2, 0.25) is 5.02 Å². The number of thiocarbonyl (C=S) groups is 1. The summed E-state index contributed by atoms with van der Waals surface area (Å²) in [5, 5.41) is 0.757. The highest BCUT2D eigenvalue weighted by Crippen LogP contribution is 2.27. The summed E-state index contributed by atoms with van der Waals surface area (Å²) >= 11 is 11.2. The number of hydrogen-bond donors (Lipinski definition) is 1. The highest BCUT2D eigenvalue weighted by molar-refractivity contribution is 7.80. The Kier molecular flexibility index (Phi) is 4.25. The maximum Gasteiger partial charge on any atom is 0.104 e. The predicted octanol–water partition coefficient (Wildman–Crippen LogP) is 3.20. The van der Waals surface area contributed by atoms with Gasteiger partial charge in [0, 0.05) is 29.7 Å². The molecule has 4 heteroatoms. The van der Waals surface area contributed by atoms with Gasteiger partial charge in [0.2, 0.25) is 0 Å². The van der Waals surface area contributed by atoms with Crippen LogP contribution in [-0.2, 0) is 6.54 Å². The second-order valence-corrected chi connectivity index (χ2v) is 6.14. The third-order valence-electron chi connectivity index (χ3n) is 3.62. The number of likely N-dealkylation sites (tertiary alicyclic amines) is 1. The van der Waals surface area contributed by atoms with Crippen molar-refractivity contribution in [3.05, 3.63) is 34.3 Å². The highest BCUT2D eigenvalue weighted by Gasteiger charge is 2.26. The number of rotatable bonds is 3. The predicted molar refractivity (Wildman–Crippen MR) is 81.0 cm³/mol. The fourth-order valence-corrected chi connectivity index (χ4v) is 3.02. The summed E-state index contributed by atoms with van der Waals surface area (Å²) in [7, 11) is 0. The lowest BCUT2D eigenvalue weighted by Gasteiger charge is -2.21. The van der Waals surface area contributed by atoms with Crippen LogP contribution in [0.1, 0.15) is 31.4 Å². The first-order chi connectivity index (χ1) is 8.47. The molecule has 2 nitrogen and oxygen atoms in total. The van der Waals surface area contributed by atoms with Crippen LogP contribution in [-0.4, -0.2) is 22.5 Å². The van der Waals surface area contributed by atoms with E-state index in [0.29, 0.717) is 11.0 Å². The van der Waals surface area contributed by atoms with Crippen LogP contribution in [0, 0.1) is 5.92 Å². The number of hydrogen-bond acceptors (Lipinski definition) is 2. The molecule has 2 rings (SSSR count). The van der Waals surface area contributed by atoms with Gasteiger partial charge in [-0.1, -0.05) is 42.9 Å². The molecule has 1 saturated heterocycles. The molecular weight excluding hydrogens is 264 g/mol. The molecule has 18 heavy (non-hydrogen) atoms. The largest absolute Gasteiger partial charge is 0.389 e. The van der Waals surface area contributed by atoms with Crippen LogP contribution in [0.5, 0.6) is 0 Å². The van der Waals surface area contributed by atoms with Crippen molar-refractivity contribution in [3.8, 4) is 0 Å². The molecule has 1 aliphatic rings. The third kappa shape index (κ3) is 3.02. The van der Waals surface area contributed by atoms with Crippen molar-refractivity contribution < 1.29 is 0 Å². The first-order valence-electron chi connectivity index (χ1n) is 6.29. The molecule has 0 aromatic heterocycles. The summed E-state index contributed by atoms with van der Waals surface area (Å²) in [6.07, 6.45) is 1.27. The fraction of sp³-hybridized carbons (Fsp3) is 0.500. The minimum Gasteiger partial charge on any atom is -0.389 e. The Hall–Kier alpha value is -0.640. The number of nitrogens with zero attached hydrogens (tertiary/aromatic N) is 1. The minimum atomic E-state index is 0.395. The fourth-order valence-electron chi connectivity index (χ4n) is 2.65. The van der Waals surface area contributed by atoms with Gasteiger partial charge in [0.15, 0.2) is 0 Å². The molecule has 2 unspecified atom stereocenters. The first-order valence-corrected chi connectivity index (χ1v) is 7.08. The van der Waals surface area contributed by atoms with Crippen LogP contribution in [0.15, 0.2) is 18.2 Å². The molecule has 1 aromatic rings. The van der Waals surface area contributed by atoms with Crippen LogP contribution in [0.4, 0.5) is 0 Å². The van der Waals surface area contributed by atoms with Gasteiger partial charge in [-0.15, -0.1) is 0 Å². The molecule has 0 saturated carbocycles. The SMILES string of the molecule is CC1CC(C)N(Cc2ccc(C(N)=S)cc2Cl)C1. The average Bonchev–Trinajstić information content (AvgIpc) is 2.60. The van der Waals surface area contributed by atoms with Gasteiger partial charge in [-0.3, -0.25) is 4.90 Å². The summed E-state index contributed by atoms with van der Waals surface area (Å²) in [5.41, 5.74) is 7.58. The molecule has 0 spiro atoms. The maximum atomic E-state index is 6.29. The quantitative estimate of drug-likeness (QED) is 0.864. The summed E-state index contributed by atoms with van der Waals surface area (Å²) < 4.78 is 0. The van der Waals surface area contributed by atoms with E-state index in [9.17, 15) is 0 Å². The lowest BCUT2D eigenvalue weighted by Crippen LogP contribution is -2.26. The summed E-state index contributed by atoms with van der Waals surface area (Å²) in [6, 6.07) is 6.48. The van der Waals surface area contributed by atoms with Crippen molar-refractivity contribution in [1.82, 2.24) is 4.90 Å². The van der Waals surface area contributed by atoms with Crippen molar-refractivity contribution in [3.63, 3.8) is 0 Å². The van der Waals surface area contributed by atoms with Crippen molar-refractivity contribution >= 4 is 28.8 Å². The Labute approximate surface area is 119 Å². The summed E-state index contributed by atoms with van der Waals surface area (Å²) in [5.74, 6) is 0.773. The molecule has 1 aliphatic heterocycles. The van der Waals surface area contributed by atoms with E-state index in [4.69, 9.17) is 29.6 Å². The second-order valence-electron chi connectivity index (χ2n) is 5.29. The standard InChI is InChI=1S/C14H19ClN2S/c1-9-5-10(2)17(7-9)8-12-4-3-11(14(16)18)6-13(12)15/h3-4,6,9-10H,5,7-8H2,1-2H3,(H2,16,18). The number of nitrogens with two attached hydrogens (primary N) is 1. The summed E-state index contributed by atoms with van der Waals surface area (Å²) in [6.45, 7) is 6.63. The lowest BCUT2D eigenvalue weighted by molar-refractivity contribution is 0.256.